The van der Waals surface area contributed by atoms with Gasteiger partial charge < -0.3 is 21.9 Å². The SMILES string of the molecule is Cl.Cl.Cl.NCCCCCNCCCC(N)C(=O)O. The molecule has 0 radical (unpaired) electrons. The molecule has 0 fully saturated rings. The van der Waals surface area contributed by atoms with Gasteiger partial charge in [-0.25, -0.2) is 0 Å². The van der Waals surface area contributed by atoms with E-state index in [9.17, 15) is 4.79 Å². The number of unbranched alkanes of at least 4 members (excludes halogenated alkanes) is 2. The second-order valence-corrected chi connectivity index (χ2v) is 3.69. The Morgan fingerprint density at radius 3 is 2.11 bits per heavy atom. The van der Waals surface area contributed by atoms with Crippen molar-refractivity contribution in [1.82, 2.24) is 5.32 Å². The predicted octanol–water partition coefficient (Wildman–Crippen LogP) is 1.16. The molecule has 0 bridgehead atoms. The van der Waals surface area contributed by atoms with Crippen LogP contribution in [0, 0.1) is 0 Å². The number of halogens is 3. The van der Waals surface area contributed by atoms with Crippen LogP contribution in [-0.2, 0) is 4.79 Å². The normalized spacial score (nSPS) is 10.6. The second kappa shape index (κ2) is 19.6. The van der Waals surface area contributed by atoms with Crippen LogP contribution in [0.25, 0.3) is 0 Å². The molecule has 0 saturated heterocycles. The first-order valence-electron chi connectivity index (χ1n) is 5.57. The van der Waals surface area contributed by atoms with Crippen molar-refractivity contribution in [2.75, 3.05) is 19.6 Å². The van der Waals surface area contributed by atoms with Gasteiger partial charge in [-0.15, -0.1) is 37.2 Å². The lowest BCUT2D eigenvalue weighted by atomic mass is 10.1. The van der Waals surface area contributed by atoms with Gasteiger partial charge in [0.25, 0.3) is 0 Å². The Bertz CT molecular complexity index is 176. The molecule has 0 aliphatic heterocycles. The zero-order chi connectivity index (χ0) is 11.5. The van der Waals surface area contributed by atoms with Gasteiger partial charge in [0.1, 0.15) is 6.04 Å². The molecule has 0 spiro atoms. The Kier molecular flexibility index (Phi) is 29.0. The fourth-order valence-corrected chi connectivity index (χ4v) is 1.27. The van der Waals surface area contributed by atoms with Crippen molar-refractivity contribution in [2.45, 2.75) is 38.1 Å². The maximum Gasteiger partial charge on any atom is 0.320 e. The summed E-state index contributed by atoms with van der Waals surface area (Å²) in [5.41, 5.74) is 10.7. The Balaban J connectivity index is -0.000000327. The summed E-state index contributed by atoms with van der Waals surface area (Å²) in [5, 5.41) is 11.8. The lowest BCUT2D eigenvalue weighted by Gasteiger charge is -2.07. The van der Waals surface area contributed by atoms with Crippen LogP contribution in [0.3, 0.4) is 0 Å². The molecule has 0 aliphatic rings. The summed E-state index contributed by atoms with van der Waals surface area (Å²) in [6.07, 6.45) is 4.70. The van der Waals surface area contributed by atoms with Crippen molar-refractivity contribution >= 4 is 43.2 Å². The summed E-state index contributed by atoms with van der Waals surface area (Å²) in [4.78, 5) is 10.4. The van der Waals surface area contributed by atoms with Gasteiger partial charge in [-0.05, 0) is 45.3 Å². The first-order valence-corrected chi connectivity index (χ1v) is 5.57. The van der Waals surface area contributed by atoms with E-state index in [1.165, 1.54) is 0 Å². The molecule has 0 aromatic rings. The number of nitrogens with one attached hydrogen (secondary N) is 1. The standard InChI is InChI=1S/C10H23N3O2.3ClH/c11-6-2-1-3-7-13-8-4-5-9(12)10(14)15;;;/h9,13H,1-8,11-12H2,(H,14,15);3*1H. The molecule has 5 nitrogen and oxygen atoms in total. The van der Waals surface area contributed by atoms with E-state index >= 15 is 0 Å². The highest BCUT2D eigenvalue weighted by Gasteiger charge is 2.09. The minimum Gasteiger partial charge on any atom is -0.480 e. The quantitative estimate of drug-likeness (QED) is 0.451. The predicted molar refractivity (Wildman–Crippen MR) is 82.4 cm³/mol. The first-order chi connectivity index (χ1) is 7.18. The molecular formula is C10H26Cl3N3O2. The van der Waals surface area contributed by atoms with E-state index < -0.39 is 12.0 Å². The van der Waals surface area contributed by atoms with Crippen LogP contribution in [-0.4, -0.2) is 36.8 Å². The van der Waals surface area contributed by atoms with Crippen molar-refractivity contribution in [3.63, 3.8) is 0 Å². The van der Waals surface area contributed by atoms with Gasteiger partial charge in [-0.2, -0.15) is 0 Å². The number of carboxylic acid groups (broad SMARTS) is 1. The Morgan fingerprint density at radius 1 is 1.06 bits per heavy atom. The number of aliphatic carboxylic acids is 1. The average Bonchev–Trinajstić information content (AvgIpc) is 2.21. The molecular weight excluding hydrogens is 300 g/mol. The molecule has 8 heteroatoms. The van der Waals surface area contributed by atoms with Crippen LogP contribution in [0.15, 0.2) is 0 Å². The summed E-state index contributed by atoms with van der Waals surface area (Å²) < 4.78 is 0. The third-order valence-corrected chi connectivity index (χ3v) is 2.24. The van der Waals surface area contributed by atoms with Crippen LogP contribution >= 0.6 is 37.2 Å². The maximum atomic E-state index is 10.4. The monoisotopic (exact) mass is 325 g/mol. The van der Waals surface area contributed by atoms with Crippen LogP contribution in [0.1, 0.15) is 32.1 Å². The van der Waals surface area contributed by atoms with E-state index in [0.717, 1.165) is 45.3 Å². The van der Waals surface area contributed by atoms with Crippen molar-refractivity contribution < 1.29 is 9.90 Å². The summed E-state index contributed by atoms with van der Waals surface area (Å²) in [6, 6.07) is -0.718. The molecule has 0 aromatic carbocycles. The average molecular weight is 327 g/mol. The highest BCUT2D eigenvalue weighted by Crippen LogP contribution is 1.94. The van der Waals surface area contributed by atoms with Gasteiger partial charge in [0.05, 0.1) is 0 Å². The van der Waals surface area contributed by atoms with Gasteiger partial charge in [-0.3, -0.25) is 4.79 Å². The van der Waals surface area contributed by atoms with Crippen LogP contribution in [0.4, 0.5) is 0 Å². The number of hydrogen-bond donors (Lipinski definition) is 4. The number of carboxylic acids is 1. The maximum absolute atomic E-state index is 10.4. The van der Waals surface area contributed by atoms with E-state index in [1.54, 1.807) is 0 Å². The molecule has 0 amide bonds. The third kappa shape index (κ3) is 18.6. The zero-order valence-electron chi connectivity index (χ0n) is 10.5. The van der Waals surface area contributed by atoms with Gasteiger partial charge in [0, 0.05) is 0 Å². The van der Waals surface area contributed by atoms with E-state index in [4.69, 9.17) is 16.6 Å². The number of carbonyl (C=O) groups is 1. The minimum atomic E-state index is -0.919. The van der Waals surface area contributed by atoms with Crippen molar-refractivity contribution in [2.24, 2.45) is 11.5 Å². The Hall–Kier alpha value is 0.220. The summed E-state index contributed by atoms with van der Waals surface area (Å²) >= 11 is 0. The number of rotatable bonds is 10. The molecule has 0 aromatic heterocycles. The second-order valence-electron chi connectivity index (χ2n) is 3.69. The fraction of sp³-hybridized carbons (Fsp3) is 0.900. The Morgan fingerprint density at radius 2 is 1.61 bits per heavy atom. The summed E-state index contributed by atoms with van der Waals surface area (Å²) in [7, 11) is 0. The molecule has 0 heterocycles. The largest absolute Gasteiger partial charge is 0.480 e. The van der Waals surface area contributed by atoms with E-state index in [-0.39, 0.29) is 37.2 Å². The lowest BCUT2D eigenvalue weighted by Crippen LogP contribution is -2.31. The minimum absolute atomic E-state index is 0. The number of nitrogens with two attached hydrogens (primary N) is 2. The molecule has 1 unspecified atom stereocenters. The van der Waals surface area contributed by atoms with Crippen molar-refractivity contribution in [3.8, 4) is 0 Å². The van der Waals surface area contributed by atoms with Crippen LogP contribution in [0.5, 0.6) is 0 Å². The van der Waals surface area contributed by atoms with Crippen LogP contribution in [0.2, 0.25) is 0 Å². The zero-order valence-corrected chi connectivity index (χ0v) is 12.9. The van der Waals surface area contributed by atoms with Crippen LogP contribution < -0.4 is 16.8 Å². The van der Waals surface area contributed by atoms with Gasteiger partial charge in [0.2, 0.25) is 0 Å². The van der Waals surface area contributed by atoms with Crippen molar-refractivity contribution in [3.05, 3.63) is 0 Å². The van der Waals surface area contributed by atoms with Crippen molar-refractivity contribution in [1.29, 1.82) is 0 Å². The molecule has 0 rings (SSSR count). The molecule has 0 saturated carbocycles. The number of hydrogen-bond acceptors (Lipinski definition) is 4. The van der Waals surface area contributed by atoms with Gasteiger partial charge >= 0.3 is 5.97 Å². The fourth-order valence-electron chi connectivity index (χ4n) is 1.27. The molecule has 1 atom stereocenters. The third-order valence-electron chi connectivity index (χ3n) is 2.24. The van der Waals surface area contributed by atoms with E-state index in [0.29, 0.717) is 6.42 Å². The highest BCUT2D eigenvalue weighted by molar-refractivity contribution is 5.86. The molecule has 0 aliphatic carbocycles. The Labute approximate surface area is 128 Å². The molecule has 114 valence electrons. The van der Waals surface area contributed by atoms with Gasteiger partial charge in [0.15, 0.2) is 0 Å². The smallest absolute Gasteiger partial charge is 0.320 e. The molecule has 6 N–H and O–H groups in total. The van der Waals surface area contributed by atoms with E-state index in [2.05, 4.69) is 5.32 Å². The molecule has 18 heavy (non-hydrogen) atoms. The van der Waals surface area contributed by atoms with Gasteiger partial charge in [-0.1, -0.05) is 6.42 Å². The highest BCUT2D eigenvalue weighted by atomic mass is 35.5. The lowest BCUT2D eigenvalue weighted by molar-refractivity contribution is -0.138. The topological polar surface area (TPSA) is 101 Å². The summed E-state index contributed by atoms with van der Waals surface area (Å²) in [6.45, 7) is 2.57. The van der Waals surface area contributed by atoms with E-state index in [1.807, 2.05) is 0 Å². The summed E-state index contributed by atoms with van der Waals surface area (Å²) in [5.74, 6) is -0.919. The first kappa shape index (κ1) is 26.7.